The summed E-state index contributed by atoms with van der Waals surface area (Å²) in [4.78, 5) is 11.9. The summed E-state index contributed by atoms with van der Waals surface area (Å²) in [6.45, 7) is 6.16. The van der Waals surface area contributed by atoms with Crippen molar-refractivity contribution in [2.24, 2.45) is 0 Å². The van der Waals surface area contributed by atoms with Crippen molar-refractivity contribution in [1.82, 2.24) is 0 Å². The number of hydrogen-bond acceptors (Lipinski definition) is 2. The molecule has 2 rings (SSSR count). The lowest BCUT2D eigenvalue weighted by Gasteiger charge is -2.03. The summed E-state index contributed by atoms with van der Waals surface area (Å²) in [5, 5.41) is 0. The third-order valence-corrected chi connectivity index (χ3v) is 2.80. The number of benzene rings is 1. The first kappa shape index (κ1) is 13.1. The Morgan fingerprint density at radius 1 is 1.05 bits per heavy atom. The summed E-state index contributed by atoms with van der Waals surface area (Å²) in [7, 11) is 0. The third-order valence-electron chi connectivity index (χ3n) is 2.80. The summed E-state index contributed by atoms with van der Waals surface area (Å²) >= 11 is 0. The molecule has 0 N–H and O–H groups in total. The molecule has 19 heavy (non-hydrogen) atoms. The average molecular weight is 252 g/mol. The van der Waals surface area contributed by atoms with Crippen LogP contribution < -0.4 is 10.2 Å². The van der Waals surface area contributed by atoms with Crippen LogP contribution in [0.25, 0.3) is 5.57 Å². The molecule has 0 aliphatic heterocycles. The van der Waals surface area contributed by atoms with Gasteiger partial charge in [-0.25, -0.2) is 0 Å². The molecule has 0 radical (unpaired) electrons. The molecule has 0 saturated heterocycles. The SMILES string of the molecule is C=C(C)c1ccc(OCc2ccccc2)c(=O)cc1. The maximum atomic E-state index is 11.9. The Balaban J connectivity index is 2.19. The van der Waals surface area contributed by atoms with Gasteiger partial charge in [-0.15, -0.1) is 0 Å². The largest absolute Gasteiger partial charge is 0.485 e. The van der Waals surface area contributed by atoms with E-state index < -0.39 is 0 Å². The molecular weight excluding hydrogens is 236 g/mol. The first-order valence-corrected chi connectivity index (χ1v) is 6.14. The molecule has 96 valence electrons. The Kier molecular flexibility index (Phi) is 4.14. The first-order chi connectivity index (χ1) is 9.16. The van der Waals surface area contributed by atoms with E-state index >= 15 is 0 Å². The summed E-state index contributed by atoms with van der Waals surface area (Å²) in [5.74, 6) is 0.358. The van der Waals surface area contributed by atoms with Gasteiger partial charge in [0.05, 0.1) is 0 Å². The summed E-state index contributed by atoms with van der Waals surface area (Å²) in [6, 6.07) is 16.6. The lowest BCUT2D eigenvalue weighted by Crippen LogP contribution is -2.04. The van der Waals surface area contributed by atoms with Gasteiger partial charge >= 0.3 is 0 Å². The van der Waals surface area contributed by atoms with E-state index in [1.54, 1.807) is 12.1 Å². The summed E-state index contributed by atoms with van der Waals surface area (Å²) in [5.41, 5.74) is 2.77. The Morgan fingerprint density at radius 3 is 2.42 bits per heavy atom. The maximum absolute atomic E-state index is 11.9. The van der Waals surface area contributed by atoms with E-state index in [4.69, 9.17) is 4.74 Å². The second-order valence-corrected chi connectivity index (χ2v) is 4.41. The van der Waals surface area contributed by atoms with Crippen LogP contribution in [0, 0.1) is 0 Å². The van der Waals surface area contributed by atoms with E-state index in [9.17, 15) is 4.79 Å². The van der Waals surface area contributed by atoms with Crippen LogP contribution in [0.4, 0.5) is 0 Å². The highest BCUT2D eigenvalue weighted by atomic mass is 16.5. The molecule has 0 aromatic heterocycles. The van der Waals surface area contributed by atoms with Crippen LogP contribution in [0.3, 0.4) is 0 Å². The van der Waals surface area contributed by atoms with Gasteiger partial charge in [-0.1, -0.05) is 54.6 Å². The Labute approximate surface area is 113 Å². The van der Waals surface area contributed by atoms with Gasteiger partial charge in [-0.2, -0.15) is 0 Å². The third kappa shape index (κ3) is 3.55. The predicted molar refractivity (Wildman–Crippen MR) is 78.2 cm³/mol. The van der Waals surface area contributed by atoms with E-state index in [1.807, 2.05) is 43.3 Å². The van der Waals surface area contributed by atoms with Crippen LogP contribution in [-0.4, -0.2) is 0 Å². The van der Waals surface area contributed by atoms with E-state index in [0.717, 1.165) is 16.7 Å². The molecule has 2 aromatic carbocycles. The van der Waals surface area contributed by atoms with Gasteiger partial charge in [-0.3, -0.25) is 4.79 Å². The zero-order valence-corrected chi connectivity index (χ0v) is 10.9. The fraction of sp³-hybridized carbons (Fsp3) is 0.118. The Bertz CT molecular complexity index is 630. The fourth-order valence-electron chi connectivity index (χ4n) is 1.69. The topological polar surface area (TPSA) is 26.3 Å². The quantitative estimate of drug-likeness (QED) is 0.830. The summed E-state index contributed by atoms with van der Waals surface area (Å²) in [6.07, 6.45) is 0. The predicted octanol–water partition coefficient (Wildman–Crippen LogP) is 3.66. The monoisotopic (exact) mass is 252 g/mol. The molecule has 0 atom stereocenters. The van der Waals surface area contributed by atoms with Crippen molar-refractivity contribution in [3.63, 3.8) is 0 Å². The number of allylic oxidation sites excluding steroid dienone is 1. The normalized spacial score (nSPS) is 9.95. The van der Waals surface area contributed by atoms with Crippen molar-refractivity contribution < 1.29 is 4.74 Å². The second-order valence-electron chi connectivity index (χ2n) is 4.41. The van der Waals surface area contributed by atoms with Gasteiger partial charge in [0, 0.05) is 0 Å². The van der Waals surface area contributed by atoms with Gasteiger partial charge in [0.1, 0.15) is 6.61 Å². The second kappa shape index (κ2) is 6.01. The van der Waals surface area contributed by atoms with Crippen LogP contribution in [0.15, 0.2) is 66.0 Å². The zero-order chi connectivity index (χ0) is 13.7. The first-order valence-electron chi connectivity index (χ1n) is 6.14. The minimum atomic E-state index is -0.122. The lowest BCUT2D eigenvalue weighted by atomic mass is 10.1. The van der Waals surface area contributed by atoms with Gasteiger partial charge in [0.2, 0.25) is 5.43 Å². The standard InChI is InChI=1S/C17H16O2/c1-13(2)15-8-10-16(18)17(11-9-15)19-12-14-6-4-3-5-7-14/h3-11H,1,12H2,2H3. The molecule has 0 spiro atoms. The fourth-order valence-corrected chi connectivity index (χ4v) is 1.69. The maximum Gasteiger partial charge on any atom is 0.220 e. The molecule has 2 aromatic rings. The number of hydrogen-bond donors (Lipinski definition) is 0. The van der Waals surface area contributed by atoms with Crippen LogP contribution in [0.2, 0.25) is 0 Å². The molecule has 0 saturated carbocycles. The molecule has 2 nitrogen and oxygen atoms in total. The average Bonchev–Trinajstić information content (AvgIpc) is 2.60. The molecule has 0 unspecified atom stereocenters. The molecule has 0 fully saturated rings. The van der Waals surface area contributed by atoms with E-state index in [0.29, 0.717) is 12.4 Å². The summed E-state index contributed by atoms with van der Waals surface area (Å²) < 4.78 is 5.58. The molecule has 0 heterocycles. The van der Waals surface area contributed by atoms with Crippen molar-refractivity contribution in [2.45, 2.75) is 13.5 Å². The molecular formula is C17H16O2. The van der Waals surface area contributed by atoms with Crippen molar-refractivity contribution >= 4 is 5.57 Å². The van der Waals surface area contributed by atoms with Gasteiger partial charge in [0.25, 0.3) is 0 Å². The van der Waals surface area contributed by atoms with Crippen LogP contribution in [-0.2, 0) is 6.61 Å². The minimum Gasteiger partial charge on any atom is -0.485 e. The van der Waals surface area contributed by atoms with Crippen molar-refractivity contribution in [1.29, 1.82) is 0 Å². The lowest BCUT2D eigenvalue weighted by molar-refractivity contribution is 0.304. The minimum absolute atomic E-state index is 0.122. The Morgan fingerprint density at radius 2 is 1.74 bits per heavy atom. The van der Waals surface area contributed by atoms with E-state index in [-0.39, 0.29) is 5.43 Å². The van der Waals surface area contributed by atoms with Crippen LogP contribution in [0.5, 0.6) is 5.75 Å². The molecule has 2 heteroatoms. The molecule has 0 aliphatic rings. The molecule has 0 aliphatic carbocycles. The highest BCUT2D eigenvalue weighted by Crippen LogP contribution is 2.12. The number of rotatable bonds is 4. The van der Waals surface area contributed by atoms with Crippen molar-refractivity contribution in [2.75, 3.05) is 0 Å². The van der Waals surface area contributed by atoms with E-state index in [2.05, 4.69) is 6.58 Å². The number of ether oxygens (including phenoxy) is 1. The highest BCUT2D eigenvalue weighted by molar-refractivity contribution is 5.60. The Hall–Kier alpha value is -2.35. The smallest absolute Gasteiger partial charge is 0.220 e. The van der Waals surface area contributed by atoms with Crippen LogP contribution in [0.1, 0.15) is 18.1 Å². The van der Waals surface area contributed by atoms with Gasteiger partial charge in [-0.05, 0) is 30.2 Å². The van der Waals surface area contributed by atoms with Crippen molar-refractivity contribution in [3.8, 4) is 5.75 Å². The van der Waals surface area contributed by atoms with Crippen LogP contribution >= 0.6 is 0 Å². The zero-order valence-electron chi connectivity index (χ0n) is 10.9. The van der Waals surface area contributed by atoms with E-state index in [1.165, 1.54) is 6.07 Å². The van der Waals surface area contributed by atoms with Gasteiger partial charge in [0.15, 0.2) is 5.75 Å². The van der Waals surface area contributed by atoms with Crippen molar-refractivity contribution in [3.05, 3.63) is 82.5 Å². The van der Waals surface area contributed by atoms with Gasteiger partial charge < -0.3 is 4.74 Å². The highest BCUT2D eigenvalue weighted by Gasteiger charge is 2.00. The molecule has 0 amide bonds. The molecule has 0 bridgehead atoms.